The van der Waals surface area contributed by atoms with Crippen molar-refractivity contribution in [1.82, 2.24) is 10.6 Å². The molecule has 1 aliphatic rings. The third-order valence-electron chi connectivity index (χ3n) is 5.28. The van der Waals surface area contributed by atoms with E-state index >= 15 is 0 Å². The van der Waals surface area contributed by atoms with Crippen molar-refractivity contribution in [3.63, 3.8) is 0 Å². The van der Waals surface area contributed by atoms with E-state index in [1.54, 1.807) is 13.0 Å². The molecule has 0 spiro atoms. The number of esters is 1. The smallest absolute Gasteiger partial charge is 0.341 e. The average molecular weight is 444 g/mol. The summed E-state index contributed by atoms with van der Waals surface area (Å²) in [4.78, 5) is 16.5. The quantitative estimate of drug-likeness (QED) is 0.349. The minimum Gasteiger partial charge on any atom is -0.493 e. The molecule has 8 nitrogen and oxygen atoms in total. The second-order valence-electron chi connectivity index (χ2n) is 7.87. The largest absolute Gasteiger partial charge is 0.493 e. The Morgan fingerprint density at radius 3 is 2.81 bits per heavy atom. The van der Waals surface area contributed by atoms with Crippen molar-refractivity contribution in [3.8, 4) is 5.75 Å². The number of nitrogens with zero attached hydrogens (tertiary/aromatic N) is 1. The van der Waals surface area contributed by atoms with E-state index in [0.29, 0.717) is 48.7 Å². The van der Waals surface area contributed by atoms with Gasteiger partial charge in [0.25, 0.3) is 0 Å². The zero-order valence-electron chi connectivity index (χ0n) is 19.3. The summed E-state index contributed by atoms with van der Waals surface area (Å²) in [6.45, 7) is 9.61. The van der Waals surface area contributed by atoms with Gasteiger partial charge in [0.2, 0.25) is 0 Å². The molecule has 1 aromatic heterocycles. The van der Waals surface area contributed by atoms with E-state index in [4.69, 9.17) is 23.6 Å². The summed E-state index contributed by atoms with van der Waals surface area (Å²) in [6.07, 6.45) is 1.04. The van der Waals surface area contributed by atoms with Gasteiger partial charge >= 0.3 is 5.97 Å². The van der Waals surface area contributed by atoms with Crippen LogP contribution in [-0.2, 0) is 22.6 Å². The molecule has 0 amide bonds. The van der Waals surface area contributed by atoms with Gasteiger partial charge < -0.3 is 29.3 Å². The van der Waals surface area contributed by atoms with Gasteiger partial charge in [-0.25, -0.2) is 9.79 Å². The van der Waals surface area contributed by atoms with Crippen LogP contribution in [0, 0.1) is 19.8 Å². The van der Waals surface area contributed by atoms with Crippen molar-refractivity contribution in [3.05, 3.63) is 52.5 Å². The molecule has 0 aliphatic carbocycles. The Morgan fingerprint density at radius 1 is 1.25 bits per heavy atom. The summed E-state index contributed by atoms with van der Waals surface area (Å²) in [5.41, 5.74) is 2.60. The standard InChI is InChI=1S/C24H33N3O5/c1-5-25-24(27-13-20-11-21(17(3)32-20)23(28)29-4)26-12-19-7-6-16(2)10-22(19)31-15-18-8-9-30-14-18/h6-7,10-11,18H,5,8-9,12-15H2,1-4H3,(H2,25,26,27). The van der Waals surface area contributed by atoms with Crippen molar-refractivity contribution >= 4 is 11.9 Å². The molecule has 8 heteroatoms. The summed E-state index contributed by atoms with van der Waals surface area (Å²) < 4.78 is 22.0. The summed E-state index contributed by atoms with van der Waals surface area (Å²) in [7, 11) is 1.35. The van der Waals surface area contributed by atoms with Gasteiger partial charge in [-0.3, -0.25) is 0 Å². The lowest BCUT2D eigenvalue weighted by atomic mass is 10.1. The lowest BCUT2D eigenvalue weighted by Crippen LogP contribution is -2.36. The number of aliphatic imine (C=N–C) groups is 1. The molecule has 0 saturated carbocycles. The first-order valence-corrected chi connectivity index (χ1v) is 11.0. The Kier molecular flexibility index (Phi) is 8.56. The van der Waals surface area contributed by atoms with Gasteiger partial charge in [0.1, 0.15) is 22.8 Å². The first kappa shape index (κ1) is 23.7. The maximum absolute atomic E-state index is 11.8. The highest BCUT2D eigenvalue weighted by atomic mass is 16.5. The second kappa shape index (κ2) is 11.6. The Morgan fingerprint density at radius 2 is 2.09 bits per heavy atom. The van der Waals surface area contributed by atoms with Crippen LogP contribution in [0.3, 0.4) is 0 Å². The summed E-state index contributed by atoms with van der Waals surface area (Å²) in [6, 6.07) is 7.87. The molecule has 1 atom stereocenters. The van der Waals surface area contributed by atoms with Gasteiger partial charge in [-0.1, -0.05) is 12.1 Å². The van der Waals surface area contributed by atoms with E-state index in [2.05, 4.69) is 35.8 Å². The van der Waals surface area contributed by atoms with Crippen molar-refractivity contribution < 1.29 is 23.4 Å². The number of ether oxygens (including phenoxy) is 3. The number of hydrogen-bond donors (Lipinski definition) is 2. The van der Waals surface area contributed by atoms with Crippen LogP contribution in [0.5, 0.6) is 5.75 Å². The highest BCUT2D eigenvalue weighted by Crippen LogP contribution is 2.23. The molecule has 0 bridgehead atoms. The molecule has 174 valence electrons. The van der Waals surface area contributed by atoms with Crippen molar-refractivity contribution in [2.24, 2.45) is 10.9 Å². The maximum Gasteiger partial charge on any atom is 0.341 e. The van der Waals surface area contributed by atoms with E-state index in [0.717, 1.165) is 43.1 Å². The van der Waals surface area contributed by atoms with Gasteiger partial charge in [-0.05, 0) is 44.9 Å². The van der Waals surface area contributed by atoms with Gasteiger partial charge in [-0.2, -0.15) is 0 Å². The highest BCUT2D eigenvalue weighted by Gasteiger charge is 2.17. The van der Waals surface area contributed by atoms with Crippen molar-refractivity contribution in [2.45, 2.75) is 40.3 Å². The SMILES string of the molecule is CCNC(=NCc1ccc(C)cc1OCC1CCOC1)NCc1cc(C(=O)OC)c(C)o1. The maximum atomic E-state index is 11.8. The molecule has 2 heterocycles. The number of aryl methyl sites for hydroxylation is 2. The normalized spacial score (nSPS) is 16.1. The van der Waals surface area contributed by atoms with Crippen LogP contribution < -0.4 is 15.4 Å². The summed E-state index contributed by atoms with van der Waals surface area (Å²) >= 11 is 0. The van der Waals surface area contributed by atoms with Gasteiger partial charge in [0.05, 0.1) is 33.4 Å². The Labute approximate surface area is 189 Å². The zero-order valence-corrected chi connectivity index (χ0v) is 19.3. The number of furan rings is 1. The fraction of sp³-hybridized carbons (Fsp3) is 0.500. The average Bonchev–Trinajstić information content (AvgIpc) is 3.44. The summed E-state index contributed by atoms with van der Waals surface area (Å²) in [5, 5.41) is 6.48. The fourth-order valence-electron chi connectivity index (χ4n) is 3.47. The molecule has 1 unspecified atom stereocenters. The van der Waals surface area contributed by atoms with E-state index in [1.807, 2.05) is 6.92 Å². The van der Waals surface area contributed by atoms with Gasteiger partial charge in [-0.15, -0.1) is 0 Å². The van der Waals surface area contributed by atoms with Crippen molar-refractivity contribution in [1.29, 1.82) is 0 Å². The zero-order chi connectivity index (χ0) is 22.9. The molecule has 1 fully saturated rings. The number of guanidine groups is 1. The molecular weight excluding hydrogens is 410 g/mol. The highest BCUT2D eigenvalue weighted by molar-refractivity contribution is 5.90. The van der Waals surface area contributed by atoms with E-state index in [1.165, 1.54) is 7.11 Å². The summed E-state index contributed by atoms with van der Waals surface area (Å²) in [5.74, 6) is 2.71. The number of carbonyl (C=O) groups excluding carboxylic acids is 1. The number of methoxy groups -OCH3 is 1. The predicted molar refractivity (Wildman–Crippen MR) is 122 cm³/mol. The first-order chi connectivity index (χ1) is 15.5. The van der Waals surface area contributed by atoms with Crippen LogP contribution in [0.15, 0.2) is 33.7 Å². The first-order valence-electron chi connectivity index (χ1n) is 11.0. The Balaban J connectivity index is 1.65. The molecule has 0 radical (unpaired) electrons. The molecule has 1 saturated heterocycles. The topological polar surface area (TPSA) is 94.3 Å². The fourth-order valence-corrected chi connectivity index (χ4v) is 3.47. The molecule has 3 rings (SSSR count). The third kappa shape index (κ3) is 6.50. The van der Waals surface area contributed by atoms with Crippen LogP contribution in [0.25, 0.3) is 0 Å². The lowest BCUT2D eigenvalue weighted by Gasteiger charge is -2.15. The van der Waals surface area contributed by atoms with Crippen molar-refractivity contribution in [2.75, 3.05) is 33.5 Å². The van der Waals surface area contributed by atoms with Crippen LogP contribution >= 0.6 is 0 Å². The minimum atomic E-state index is -0.408. The Bertz CT molecular complexity index is 932. The monoisotopic (exact) mass is 443 g/mol. The van der Waals surface area contributed by atoms with E-state index in [-0.39, 0.29) is 0 Å². The van der Waals surface area contributed by atoms with E-state index < -0.39 is 5.97 Å². The number of carbonyl (C=O) groups is 1. The molecule has 2 aromatic rings. The number of nitrogens with one attached hydrogen (secondary N) is 2. The van der Waals surface area contributed by atoms with Gasteiger partial charge in [0, 0.05) is 24.6 Å². The number of benzene rings is 1. The second-order valence-corrected chi connectivity index (χ2v) is 7.87. The Hall–Kier alpha value is -3.00. The minimum absolute atomic E-state index is 0.391. The molecule has 32 heavy (non-hydrogen) atoms. The number of hydrogen-bond acceptors (Lipinski definition) is 6. The molecule has 1 aliphatic heterocycles. The lowest BCUT2D eigenvalue weighted by molar-refractivity contribution is 0.0599. The van der Waals surface area contributed by atoms with E-state index in [9.17, 15) is 4.79 Å². The van der Waals surface area contributed by atoms with Gasteiger partial charge in [0.15, 0.2) is 5.96 Å². The van der Waals surface area contributed by atoms with Crippen LogP contribution in [0.4, 0.5) is 0 Å². The van der Waals surface area contributed by atoms with Crippen LogP contribution in [0.2, 0.25) is 0 Å². The third-order valence-corrected chi connectivity index (χ3v) is 5.28. The van der Waals surface area contributed by atoms with Crippen LogP contribution in [-0.4, -0.2) is 45.4 Å². The molecule has 2 N–H and O–H groups in total. The molecule has 1 aromatic carbocycles. The van der Waals surface area contributed by atoms with Crippen LogP contribution in [0.1, 0.15) is 46.3 Å². The predicted octanol–water partition coefficient (Wildman–Crippen LogP) is 3.35. The number of rotatable bonds is 9. The molecular formula is C24H33N3O5.